The smallest absolute Gasteiger partial charge is 0.475 e. The summed E-state index contributed by atoms with van der Waals surface area (Å²) in [5, 5.41) is 14.4. The van der Waals surface area contributed by atoms with E-state index >= 15 is 0 Å². The molecule has 0 aliphatic rings. The Bertz CT molecular complexity index is 1610. The van der Waals surface area contributed by atoms with Crippen molar-refractivity contribution >= 4 is 23.2 Å². The lowest BCUT2D eigenvalue weighted by Crippen LogP contribution is -2.21. The molecule has 4 heterocycles. The number of hydrogen-bond donors (Lipinski definition) is 2. The van der Waals surface area contributed by atoms with Gasteiger partial charge in [0.1, 0.15) is 11.5 Å². The van der Waals surface area contributed by atoms with E-state index in [2.05, 4.69) is 25.4 Å². The molecule has 194 valence electrons. The molecule has 0 bridgehead atoms. The maximum atomic E-state index is 13.0. The van der Waals surface area contributed by atoms with Crippen molar-refractivity contribution in [3.05, 3.63) is 90.3 Å². The average molecular weight is 523 g/mol. The molecule has 0 aliphatic carbocycles. The maximum absolute atomic E-state index is 13.0. The number of carboxylic acid groups (broad SMARTS) is 1. The number of imidazole rings is 1. The van der Waals surface area contributed by atoms with Crippen molar-refractivity contribution in [2.75, 3.05) is 5.32 Å². The SMILES string of the molecule is Cc1ccc(-n2nccc2-c2nc(C(=O)Nc3cccc(C)n3)c3cnccn23)cc1.O=C(O)C(F)(F)F. The fraction of sp³-hybridized carbons (Fsp3) is 0.120. The molecule has 0 aliphatic heterocycles. The minimum atomic E-state index is -5.08. The lowest BCUT2D eigenvalue weighted by Gasteiger charge is -2.07. The third-order valence-electron chi connectivity index (χ3n) is 5.18. The third kappa shape index (κ3) is 5.67. The van der Waals surface area contributed by atoms with Crippen molar-refractivity contribution in [2.45, 2.75) is 20.0 Å². The van der Waals surface area contributed by atoms with E-state index in [1.807, 2.05) is 60.7 Å². The predicted octanol–water partition coefficient (Wildman–Crippen LogP) is 4.48. The number of aromatic nitrogens is 6. The molecule has 0 unspecified atom stereocenters. The summed E-state index contributed by atoms with van der Waals surface area (Å²) in [5.41, 5.74) is 4.52. The van der Waals surface area contributed by atoms with E-state index < -0.39 is 12.1 Å². The molecule has 0 fully saturated rings. The fourth-order valence-electron chi connectivity index (χ4n) is 3.44. The quantitative estimate of drug-likeness (QED) is 0.356. The van der Waals surface area contributed by atoms with E-state index in [-0.39, 0.29) is 11.6 Å². The number of anilines is 1. The molecule has 10 nitrogen and oxygen atoms in total. The van der Waals surface area contributed by atoms with Gasteiger partial charge in [0, 0.05) is 18.1 Å². The molecule has 0 saturated carbocycles. The van der Waals surface area contributed by atoms with Gasteiger partial charge in [-0.15, -0.1) is 0 Å². The Labute approximate surface area is 213 Å². The molecule has 13 heteroatoms. The molecule has 1 amide bonds. The second-order valence-electron chi connectivity index (χ2n) is 8.00. The van der Waals surface area contributed by atoms with Crippen LogP contribution >= 0.6 is 0 Å². The number of fused-ring (bicyclic) bond motifs is 1. The highest BCUT2D eigenvalue weighted by Gasteiger charge is 2.38. The van der Waals surface area contributed by atoms with Gasteiger partial charge < -0.3 is 10.4 Å². The number of carbonyl (C=O) groups is 2. The average Bonchev–Trinajstić information content (AvgIpc) is 3.49. The highest BCUT2D eigenvalue weighted by molar-refractivity contribution is 6.07. The maximum Gasteiger partial charge on any atom is 0.490 e. The summed E-state index contributed by atoms with van der Waals surface area (Å²) in [4.78, 5) is 35.1. The van der Waals surface area contributed by atoms with Gasteiger partial charge >= 0.3 is 12.1 Å². The zero-order valence-electron chi connectivity index (χ0n) is 20.0. The van der Waals surface area contributed by atoms with Crippen molar-refractivity contribution in [2.24, 2.45) is 0 Å². The Morgan fingerprint density at radius 1 is 0.974 bits per heavy atom. The van der Waals surface area contributed by atoms with Gasteiger partial charge in [-0.2, -0.15) is 18.3 Å². The first-order valence-corrected chi connectivity index (χ1v) is 11.0. The zero-order chi connectivity index (χ0) is 27.4. The molecule has 4 aromatic heterocycles. The number of alkyl halides is 3. The summed E-state index contributed by atoms with van der Waals surface area (Å²) < 4.78 is 35.4. The first kappa shape index (κ1) is 26.0. The van der Waals surface area contributed by atoms with Crippen molar-refractivity contribution in [1.82, 2.24) is 29.1 Å². The molecule has 0 spiro atoms. The van der Waals surface area contributed by atoms with Crippen LogP contribution in [0.1, 0.15) is 21.7 Å². The summed E-state index contributed by atoms with van der Waals surface area (Å²) in [7, 11) is 0. The Morgan fingerprint density at radius 2 is 1.68 bits per heavy atom. The summed E-state index contributed by atoms with van der Waals surface area (Å²) in [5.74, 6) is -2.04. The molecule has 1 aromatic carbocycles. The second-order valence-corrected chi connectivity index (χ2v) is 8.00. The Kier molecular flexibility index (Phi) is 7.19. The van der Waals surface area contributed by atoms with Crippen LogP contribution in [-0.2, 0) is 4.79 Å². The molecule has 0 saturated heterocycles. The standard InChI is InChI=1S/C23H19N7O.C2HF3O2/c1-15-6-8-17(9-7-15)30-18(10-11-25-30)22-28-21(19-14-24-12-13-29(19)22)23(31)27-20-5-3-4-16(2)26-20;3-2(4,5)1(6)7/h3-14H,1-2H3,(H,26,27,31);(H,6,7). The lowest BCUT2D eigenvalue weighted by molar-refractivity contribution is -0.192. The van der Waals surface area contributed by atoms with Gasteiger partial charge in [0.25, 0.3) is 5.91 Å². The summed E-state index contributed by atoms with van der Waals surface area (Å²) in [6.45, 7) is 3.91. The van der Waals surface area contributed by atoms with Gasteiger partial charge in [0.05, 0.1) is 23.6 Å². The van der Waals surface area contributed by atoms with Crippen molar-refractivity contribution in [1.29, 1.82) is 0 Å². The minimum absolute atomic E-state index is 0.267. The van der Waals surface area contributed by atoms with Gasteiger partial charge in [0.2, 0.25) is 0 Å². The topological polar surface area (TPSA) is 127 Å². The molecule has 5 rings (SSSR count). The number of rotatable bonds is 4. The number of nitrogens with one attached hydrogen (secondary N) is 1. The lowest BCUT2D eigenvalue weighted by atomic mass is 10.2. The Hall–Kier alpha value is -5.07. The number of pyridine rings is 1. The van der Waals surface area contributed by atoms with Gasteiger partial charge in [0.15, 0.2) is 11.5 Å². The fourth-order valence-corrected chi connectivity index (χ4v) is 3.44. The van der Waals surface area contributed by atoms with Gasteiger partial charge in [-0.05, 0) is 44.2 Å². The molecule has 0 radical (unpaired) electrons. The van der Waals surface area contributed by atoms with Crippen LogP contribution in [0.25, 0.3) is 22.7 Å². The second kappa shape index (κ2) is 10.5. The highest BCUT2D eigenvalue weighted by Crippen LogP contribution is 2.25. The first-order valence-electron chi connectivity index (χ1n) is 11.0. The number of carboxylic acids is 1. The van der Waals surface area contributed by atoms with Crippen LogP contribution in [0.5, 0.6) is 0 Å². The van der Waals surface area contributed by atoms with Crippen LogP contribution < -0.4 is 5.32 Å². The van der Waals surface area contributed by atoms with E-state index in [0.29, 0.717) is 17.2 Å². The van der Waals surface area contributed by atoms with Crippen molar-refractivity contribution < 1.29 is 27.9 Å². The predicted molar refractivity (Wildman–Crippen MR) is 131 cm³/mol. The zero-order valence-corrected chi connectivity index (χ0v) is 20.0. The highest BCUT2D eigenvalue weighted by atomic mass is 19.4. The number of aliphatic carboxylic acids is 1. The van der Waals surface area contributed by atoms with Crippen LogP contribution in [-0.4, -0.2) is 52.3 Å². The van der Waals surface area contributed by atoms with Crippen LogP contribution in [0.4, 0.5) is 19.0 Å². The first-order chi connectivity index (χ1) is 18.0. The number of amides is 1. The summed E-state index contributed by atoms with van der Waals surface area (Å²) in [6, 6.07) is 15.4. The number of halogens is 3. The Balaban J connectivity index is 0.000000426. The van der Waals surface area contributed by atoms with Crippen LogP contribution in [0.3, 0.4) is 0 Å². The monoisotopic (exact) mass is 523 g/mol. The molecule has 5 aromatic rings. The normalized spacial score (nSPS) is 11.1. The van der Waals surface area contributed by atoms with Crippen LogP contribution in [0, 0.1) is 13.8 Å². The summed E-state index contributed by atoms with van der Waals surface area (Å²) in [6.07, 6.45) is 1.70. The van der Waals surface area contributed by atoms with Gasteiger partial charge in [-0.3, -0.25) is 14.2 Å². The molecule has 0 atom stereocenters. The molecular formula is C25H20F3N7O3. The van der Waals surface area contributed by atoms with Crippen LogP contribution in [0.15, 0.2) is 73.3 Å². The van der Waals surface area contributed by atoms with E-state index in [1.165, 1.54) is 5.56 Å². The summed E-state index contributed by atoms with van der Waals surface area (Å²) >= 11 is 0. The van der Waals surface area contributed by atoms with Crippen LogP contribution in [0.2, 0.25) is 0 Å². The van der Waals surface area contributed by atoms with E-state index in [4.69, 9.17) is 9.90 Å². The molecular weight excluding hydrogens is 503 g/mol. The van der Waals surface area contributed by atoms with Gasteiger partial charge in [-0.1, -0.05) is 23.8 Å². The number of hydrogen-bond acceptors (Lipinski definition) is 6. The van der Waals surface area contributed by atoms with Crippen molar-refractivity contribution in [3.8, 4) is 17.2 Å². The largest absolute Gasteiger partial charge is 0.490 e. The van der Waals surface area contributed by atoms with E-state index in [9.17, 15) is 18.0 Å². The minimum Gasteiger partial charge on any atom is -0.475 e. The van der Waals surface area contributed by atoms with E-state index in [1.54, 1.807) is 35.5 Å². The van der Waals surface area contributed by atoms with Crippen molar-refractivity contribution in [3.63, 3.8) is 0 Å². The van der Waals surface area contributed by atoms with Gasteiger partial charge in [-0.25, -0.2) is 19.4 Å². The number of nitrogens with zero attached hydrogens (tertiary/aromatic N) is 6. The molecule has 38 heavy (non-hydrogen) atoms. The number of carbonyl (C=O) groups excluding carboxylic acids is 1. The van der Waals surface area contributed by atoms with E-state index in [0.717, 1.165) is 17.1 Å². The number of aryl methyl sites for hydroxylation is 2. The Morgan fingerprint density at radius 3 is 2.34 bits per heavy atom. The number of benzene rings is 1. The third-order valence-corrected chi connectivity index (χ3v) is 5.18. The molecule has 2 N–H and O–H groups in total.